The lowest BCUT2D eigenvalue weighted by atomic mass is 10.1. The van der Waals surface area contributed by atoms with Crippen LogP contribution >= 0.6 is 22.6 Å². The second-order valence-corrected chi connectivity index (χ2v) is 4.51. The van der Waals surface area contributed by atoms with E-state index < -0.39 is 5.82 Å². The molecule has 1 aliphatic rings. The van der Waals surface area contributed by atoms with Crippen molar-refractivity contribution >= 4 is 28.4 Å². The highest BCUT2D eigenvalue weighted by molar-refractivity contribution is 14.1. The zero-order valence-corrected chi connectivity index (χ0v) is 9.05. The Morgan fingerprint density at radius 2 is 2.15 bits per heavy atom. The Labute approximate surface area is 89.5 Å². The Hall–Kier alpha value is -0.450. The van der Waals surface area contributed by atoms with Gasteiger partial charge in [0, 0.05) is 9.49 Å². The highest BCUT2D eigenvalue weighted by atomic mass is 127. The molecule has 0 radical (unpaired) electrons. The smallest absolute Gasteiger partial charge is 0.168 e. The van der Waals surface area contributed by atoms with Crippen LogP contribution in [-0.2, 0) is 0 Å². The number of carbonyl (C=O) groups excluding carboxylic acids is 1. The van der Waals surface area contributed by atoms with Crippen LogP contribution in [0, 0.1) is 15.3 Å². The number of rotatable bonds is 2. The van der Waals surface area contributed by atoms with Gasteiger partial charge in [-0.25, -0.2) is 4.39 Å². The summed E-state index contributed by atoms with van der Waals surface area (Å²) in [7, 11) is 0. The zero-order valence-electron chi connectivity index (χ0n) is 6.89. The van der Waals surface area contributed by atoms with Gasteiger partial charge in [-0.05, 0) is 53.6 Å². The first-order valence-corrected chi connectivity index (χ1v) is 5.25. The van der Waals surface area contributed by atoms with Crippen LogP contribution in [0.3, 0.4) is 0 Å². The summed E-state index contributed by atoms with van der Waals surface area (Å²) < 4.78 is 14.1. The van der Waals surface area contributed by atoms with Gasteiger partial charge in [0.1, 0.15) is 5.82 Å². The molecule has 0 aromatic heterocycles. The van der Waals surface area contributed by atoms with Crippen molar-refractivity contribution in [3.05, 3.63) is 33.1 Å². The molecule has 1 aromatic carbocycles. The Morgan fingerprint density at radius 1 is 1.46 bits per heavy atom. The number of Topliss-reactive ketones (excluding diaryl/α,β-unsaturated/α-hetero) is 1. The fourth-order valence-corrected chi connectivity index (χ4v) is 1.74. The largest absolute Gasteiger partial charge is 0.294 e. The highest BCUT2D eigenvalue weighted by Gasteiger charge is 2.31. The number of halogens is 2. The molecule has 0 heterocycles. The van der Waals surface area contributed by atoms with Gasteiger partial charge in [0.05, 0.1) is 5.56 Å². The summed E-state index contributed by atoms with van der Waals surface area (Å²) in [6.07, 6.45) is 1.84. The molecule has 2 rings (SSSR count). The van der Waals surface area contributed by atoms with Gasteiger partial charge in [-0.3, -0.25) is 4.79 Å². The minimum atomic E-state index is -0.391. The molecule has 0 unspecified atom stereocenters. The minimum absolute atomic E-state index is 0.0315. The van der Waals surface area contributed by atoms with Crippen molar-refractivity contribution in [2.75, 3.05) is 0 Å². The van der Waals surface area contributed by atoms with Crippen LogP contribution in [0.4, 0.5) is 4.39 Å². The van der Waals surface area contributed by atoms with E-state index in [1.165, 1.54) is 6.07 Å². The van der Waals surface area contributed by atoms with Crippen molar-refractivity contribution in [2.45, 2.75) is 12.8 Å². The first-order valence-electron chi connectivity index (χ1n) is 4.18. The monoisotopic (exact) mass is 290 g/mol. The van der Waals surface area contributed by atoms with Gasteiger partial charge >= 0.3 is 0 Å². The number of hydrogen-bond acceptors (Lipinski definition) is 1. The molecule has 1 fully saturated rings. The third-order valence-electron chi connectivity index (χ3n) is 2.14. The number of benzene rings is 1. The summed E-state index contributed by atoms with van der Waals surface area (Å²) in [6, 6.07) is 4.65. The van der Waals surface area contributed by atoms with Gasteiger partial charge < -0.3 is 0 Å². The van der Waals surface area contributed by atoms with Crippen LogP contribution in [0.5, 0.6) is 0 Å². The second kappa shape index (κ2) is 3.36. The summed E-state index contributed by atoms with van der Waals surface area (Å²) in [4.78, 5) is 11.5. The molecule has 0 amide bonds. The molecule has 1 saturated carbocycles. The molecule has 0 bridgehead atoms. The maximum absolute atomic E-state index is 13.2. The van der Waals surface area contributed by atoms with Crippen LogP contribution < -0.4 is 0 Å². The van der Waals surface area contributed by atoms with E-state index in [4.69, 9.17) is 0 Å². The molecular formula is C10H8FIO. The maximum Gasteiger partial charge on any atom is 0.168 e. The molecule has 3 heteroatoms. The third kappa shape index (κ3) is 1.90. The summed E-state index contributed by atoms with van der Waals surface area (Å²) in [5.41, 5.74) is 0.259. The fourth-order valence-electron chi connectivity index (χ4n) is 1.25. The van der Waals surface area contributed by atoms with E-state index in [1.54, 1.807) is 12.1 Å². The average Bonchev–Trinajstić information content (AvgIpc) is 2.91. The molecule has 0 spiro atoms. The van der Waals surface area contributed by atoms with E-state index >= 15 is 0 Å². The molecule has 0 aliphatic heterocycles. The number of ketones is 1. The summed E-state index contributed by atoms with van der Waals surface area (Å²) in [5, 5.41) is 0. The quantitative estimate of drug-likeness (QED) is 0.604. The van der Waals surface area contributed by atoms with Crippen LogP contribution in [0.25, 0.3) is 0 Å². The van der Waals surface area contributed by atoms with E-state index in [1.807, 2.05) is 0 Å². The van der Waals surface area contributed by atoms with E-state index in [0.29, 0.717) is 0 Å². The lowest BCUT2D eigenvalue weighted by Crippen LogP contribution is -2.04. The molecule has 1 nitrogen and oxygen atoms in total. The van der Waals surface area contributed by atoms with Gasteiger partial charge in [0.2, 0.25) is 0 Å². The van der Waals surface area contributed by atoms with Crippen molar-refractivity contribution in [2.24, 2.45) is 5.92 Å². The minimum Gasteiger partial charge on any atom is -0.294 e. The number of hydrogen-bond donors (Lipinski definition) is 0. The van der Waals surface area contributed by atoms with Crippen LogP contribution in [0.15, 0.2) is 18.2 Å². The van der Waals surface area contributed by atoms with Gasteiger partial charge in [0.15, 0.2) is 5.78 Å². The van der Waals surface area contributed by atoms with Gasteiger partial charge in [-0.15, -0.1) is 0 Å². The van der Waals surface area contributed by atoms with Crippen molar-refractivity contribution in [1.82, 2.24) is 0 Å². The Morgan fingerprint density at radius 3 is 2.77 bits per heavy atom. The fraction of sp³-hybridized carbons (Fsp3) is 0.300. The van der Waals surface area contributed by atoms with Gasteiger partial charge in [0.25, 0.3) is 0 Å². The Bertz CT molecular complexity index is 358. The topological polar surface area (TPSA) is 17.1 Å². The Balaban J connectivity index is 2.37. The highest BCUT2D eigenvalue weighted by Crippen LogP contribution is 2.33. The van der Waals surface area contributed by atoms with Gasteiger partial charge in [-0.1, -0.05) is 0 Å². The van der Waals surface area contributed by atoms with Gasteiger partial charge in [-0.2, -0.15) is 0 Å². The standard InChI is InChI=1S/C10H8FIO/c11-9-4-3-7(12)5-8(9)10(13)6-1-2-6/h3-6H,1-2H2. The van der Waals surface area contributed by atoms with E-state index in [0.717, 1.165) is 16.4 Å². The molecule has 1 aliphatic carbocycles. The summed E-state index contributed by atoms with van der Waals surface area (Å²) in [6.45, 7) is 0. The molecule has 0 saturated heterocycles. The molecule has 68 valence electrons. The first-order chi connectivity index (χ1) is 6.18. The van der Waals surface area contributed by atoms with Crippen molar-refractivity contribution in [3.8, 4) is 0 Å². The third-order valence-corrected chi connectivity index (χ3v) is 2.81. The van der Waals surface area contributed by atoms with E-state index in [2.05, 4.69) is 22.6 Å². The van der Waals surface area contributed by atoms with E-state index in [9.17, 15) is 9.18 Å². The molecule has 13 heavy (non-hydrogen) atoms. The van der Waals surface area contributed by atoms with Crippen LogP contribution in [0.2, 0.25) is 0 Å². The SMILES string of the molecule is O=C(c1cc(I)ccc1F)C1CC1. The lowest BCUT2D eigenvalue weighted by molar-refractivity contribution is 0.0963. The zero-order chi connectivity index (χ0) is 9.42. The van der Waals surface area contributed by atoms with Crippen LogP contribution in [0.1, 0.15) is 23.2 Å². The normalized spacial score (nSPS) is 15.8. The predicted molar refractivity (Wildman–Crippen MR) is 56.2 cm³/mol. The Kier molecular flexibility index (Phi) is 2.36. The molecule has 0 atom stereocenters. The lowest BCUT2D eigenvalue weighted by Gasteiger charge is -2.00. The van der Waals surface area contributed by atoms with Crippen molar-refractivity contribution < 1.29 is 9.18 Å². The van der Waals surface area contributed by atoms with Crippen molar-refractivity contribution in [1.29, 1.82) is 0 Å². The van der Waals surface area contributed by atoms with Crippen LogP contribution in [-0.4, -0.2) is 5.78 Å². The maximum atomic E-state index is 13.2. The molecule has 1 aromatic rings. The summed E-state index contributed by atoms with van der Waals surface area (Å²) >= 11 is 2.08. The molecule has 0 N–H and O–H groups in total. The van der Waals surface area contributed by atoms with Crippen molar-refractivity contribution in [3.63, 3.8) is 0 Å². The second-order valence-electron chi connectivity index (χ2n) is 3.26. The molecular weight excluding hydrogens is 282 g/mol. The average molecular weight is 290 g/mol. The van der Waals surface area contributed by atoms with E-state index in [-0.39, 0.29) is 17.3 Å². The number of carbonyl (C=O) groups is 1. The predicted octanol–water partition coefficient (Wildman–Crippen LogP) is 3.02. The first kappa shape index (κ1) is 9.12. The summed E-state index contributed by atoms with van der Waals surface area (Å²) in [5.74, 6) is -0.332.